The van der Waals surface area contributed by atoms with E-state index in [1.54, 1.807) is 0 Å². The highest BCUT2D eigenvalue weighted by Crippen LogP contribution is 2.34. The molecule has 0 spiro atoms. The maximum absolute atomic E-state index is 12.8. The second kappa shape index (κ2) is 6.85. The molecule has 1 aromatic carbocycles. The van der Waals surface area contributed by atoms with Gasteiger partial charge in [-0.3, -0.25) is 4.79 Å². The van der Waals surface area contributed by atoms with E-state index in [-0.39, 0.29) is 5.92 Å². The van der Waals surface area contributed by atoms with E-state index in [0.29, 0.717) is 11.8 Å². The molecule has 1 aliphatic carbocycles. The summed E-state index contributed by atoms with van der Waals surface area (Å²) in [5.41, 5.74) is 3.47. The van der Waals surface area contributed by atoms with Crippen LogP contribution in [0.25, 0.3) is 0 Å². The van der Waals surface area contributed by atoms with Gasteiger partial charge in [-0.15, -0.1) is 0 Å². The SMILES string of the molecule is CCCCC1CCC(C(=O)c2ccc3c(c2)CC(C)N3)CC1. The lowest BCUT2D eigenvalue weighted by Crippen LogP contribution is -2.22. The largest absolute Gasteiger partial charge is 0.382 e. The fourth-order valence-electron chi connectivity index (χ4n) is 4.14. The fraction of sp³-hybridized carbons (Fsp3) is 0.650. The summed E-state index contributed by atoms with van der Waals surface area (Å²) < 4.78 is 0. The maximum atomic E-state index is 12.8. The number of carbonyl (C=O) groups excluding carboxylic acids is 1. The number of fused-ring (bicyclic) bond motifs is 1. The highest BCUT2D eigenvalue weighted by Gasteiger charge is 2.27. The Bertz CT molecular complexity index is 529. The van der Waals surface area contributed by atoms with Gasteiger partial charge >= 0.3 is 0 Å². The number of carbonyl (C=O) groups is 1. The lowest BCUT2D eigenvalue weighted by Gasteiger charge is -2.27. The first-order valence-electron chi connectivity index (χ1n) is 9.11. The molecule has 1 heterocycles. The lowest BCUT2D eigenvalue weighted by molar-refractivity contribution is 0.0869. The van der Waals surface area contributed by atoms with Gasteiger partial charge in [-0.1, -0.05) is 26.2 Å². The van der Waals surface area contributed by atoms with Crippen LogP contribution >= 0.6 is 0 Å². The molecule has 1 atom stereocenters. The van der Waals surface area contributed by atoms with E-state index in [9.17, 15) is 4.79 Å². The topological polar surface area (TPSA) is 29.1 Å². The molecule has 1 aromatic rings. The minimum Gasteiger partial charge on any atom is -0.382 e. The summed E-state index contributed by atoms with van der Waals surface area (Å²) in [6, 6.07) is 6.75. The molecule has 120 valence electrons. The number of unbranched alkanes of at least 4 members (excludes halogenated alkanes) is 1. The minimum absolute atomic E-state index is 0.266. The summed E-state index contributed by atoms with van der Waals surface area (Å²) in [5, 5.41) is 3.46. The van der Waals surface area contributed by atoms with Gasteiger partial charge < -0.3 is 5.32 Å². The zero-order valence-corrected chi connectivity index (χ0v) is 14.0. The predicted molar refractivity (Wildman–Crippen MR) is 92.5 cm³/mol. The molecule has 22 heavy (non-hydrogen) atoms. The van der Waals surface area contributed by atoms with Crippen LogP contribution in [0.5, 0.6) is 0 Å². The van der Waals surface area contributed by atoms with Crippen molar-refractivity contribution in [1.29, 1.82) is 0 Å². The molecule has 0 radical (unpaired) electrons. The Labute approximate surface area is 134 Å². The highest BCUT2D eigenvalue weighted by molar-refractivity contribution is 5.98. The standard InChI is InChI=1S/C20H29NO/c1-3-4-5-15-6-8-16(9-7-15)20(22)17-10-11-19-18(13-17)12-14(2)21-19/h10-11,13-16,21H,3-9,12H2,1-2H3. The molecule has 0 amide bonds. The second-order valence-corrected chi connectivity index (χ2v) is 7.35. The molecule has 1 aliphatic heterocycles. The van der Waals surface area contributed by atoms with Crippen LogP contribution in [0.3, 0.4) is 0 Å². The molecule has 2 aliphatic rings. The molecule has 3 rings (SSSR count). The van der Waals surface area contributed by atoms with E-state index < -0.39 is 0 Å². The third-order valence-corrected chi connectivity index (χ3v) is 5.50. The number of anilines is 1. The third kappa shape index (κ3) is 3.37. The molecule has 2 heteroatoms. The van der Waals surface area contributed by atoms with Crippen LogP contribution in [0, 0.1) is 11.8 Å². The predicted octanol–water partition coefficient (Wildman–Crippen LogP) is 5.22. The first-order valence-corrected chi connectivity index (χ1v) is 9.11. The third-order valence-electron chi connectivity index (χ3n) is 5.50. The average molecular weight is 299 g/mol. The van der Waals surface area contributed by atoms with Crippen molar-refractivity contribution in [1.82, 2.24) is 0 Å². The van der Waals surface area contributed by atoms with Crippen LogP contribution in [-0.2, 0) is 6.42 Å². The van der Waals surface area contributed by atoms with E-state index in [1.807, 2.05) is 6.07 Å². The van der Waals surface area contributed by atoms with Crippen molar-refractivity contribution in [3.8, 4) is 0 Å². The number of nitrogens with one attached hydrogen (secondary N) is 1. The zero-order chi connectivity index (χ0) is 15.5. The van der Waals surface area contributed by atoms with Gasteiger partial charge in [0.25, 0.3) is 0 Å². The number of Topliss-reactive ketones (excluding diaryl/α,β-unsaturated/α-hetero) is 1. The number of rotatable bonds is 5. The van der Waals surface area contributed by atoms with Crippen LogP contribution in [0.1, 0.15) is 74.7 Å². The monoisotopic (exact) mass is 299 g/mol. The van der Waals surface area contributed by atoms with E-state index in [0.717, 1.165) is 30.7 Å². The van der Waals surface area contributed by atoms with E-state index in [4.69, 9.17) is 0 Å². The van der Waals surface area contributed by atoms with Crippen LogP contribution in [-0.4, -0.2) is 11.8 Å². The van der Waals surface area contributed by atoms with Gasteiger partial charge in [-0.05, 0) is 68.7 Å². The van der Waals surface area contributed by atoms with Crippen molar-refractivity contribution >= 4 is 11.5 Å². The highest BCUT2D eigenvalue weighted by atomic mass is 16.1. The summed E-state index contributed by atoms with van der Waals surface area (Å²) in [4.78, 5) is 12.8. The van der Waals surface area contributed by atoms with Gasteiger partial charge in [0.1, 0.15) is 0 Å². The van der Waals surface area contributed by atoms with Crippen LogP contribution in [0.15, 0.2) is 18.2 Å². The van der Waals surface area contributed by atoms with Gasteiger partial charge in [-0.2, -0.15) is 0 Å². The van der Waals surface area contributed by atoms with Gasteiger partial charge in [0.05, 0.1) is 0 Å². The molecular weight excluding hydrogens is 270 g/mol. The molecule has 1 N–H and O–H groups in total. The molecule has 1 saturated carbocycles. The summed E-state index contributed by atoms with van der Waals surface area (Å²) in [5.74, 6) is 1.52. The van der Waals surface area contributed by atoms with Gasteiger partial charge in [0.2, 0.25) is 0 Å². The summed E-state index contributed by atoms with van der Waals surface area (Å²) in [6.45, 7) is 4.46. The van der Waals surface area contributed by atoms with Gasteiger partial charge in [-0.25, -0.2) is 0 Å². The smallest absolute Gasteiger partial charge is 0.165 e. The van der Waals surface area contributed by atoms with Crippen molar-refractivity contribution in [2.45, 2.75) is 71.3 Å². The van der Waals surface area contributed by atoms with Crippen molar-refractivity contribution in [3.63, 3.8) is 0 Å². The Hall–Kier alpha value is -1.31. The van der Waals surface area contributed by atoms with Crippen molar-refractivity contribution in [3.05, 3.63) is 29.3 Å². The summed E-state index contributed by atoms with van der Waals surface area (Å²) >= 11 is 0. The number of hydrogen-bond donors (Lipinski definition) is 1. The maximum Gasteiger partial charge on any atom is 0.165 e. The van der Waals surface area contributed by atoms with Crippen LogP contribution in [0.4, 0.5) is 5.69 Å². The summed E-state index contributed by atoms with van der Waals surface area (Å²) in [7, 11) is 0. The molecule has 0 aromatic heterocycles. The van der Waals surface area contributed by atoms with Crippen molar-refractivity contribution in [2.24, 2.45) is 11.8 Å². The van der Waals surface area contributed by atoms with Crippen molar-refractivity contribution < 1.29 is 4.79 Å². The minimum atomic E-state index is 0.266. The number of hydrogen-bond acceptors (Lipinski definition) is 2. The van der Waals surface area contributed by atoms with Crippen LogP contribution < -0.4 is 5.32 Å². The number of ketones is 1. The average Bonchev–Trinajstić information content (AvgIpc) is 2.91. The first kappa shape index (κ1) is 15.6. The lowest BCUT2D eigenvalue weighted by atomic mass is 9.77. The Morgan fingerprint density at radius 3 is 2.73 bits per heavy atom. The van der Waals surface area contributed by atoms with Crippen LogP contribution in [0.2, 0.25) is 0 Å². The Balaban J connectivity index is 1.60. The quantitative estimate of drug-likeness (QED) is 0.755. The Kier molecular flexibility index (Phi) is 4.85. The first-order chi connectivity index (χ1) is 10.7. The Morgan fingerprint density at radius 2 is 2.00 bits per heavy atom. The van der Waals surface area contributed by atoms with Gasteiger partial charge in [0.15, 0.2) is 5.78 Å². The number of benzene rings is 1. The molecule has 2 nitrogen and oxygen atoms in total. The second-order valence-electron chi connectivity index (χ2n) is 7.35. The molecule has 0 saturated heterocycles. The zero-order valence-electron chi connectivity index (χ0n) is 14.0. The Morgan fingerprint density at radius 1 is 1.23 bits per heavy atom. The fourth-order valence-corrected chi connectivity index (χ4v) is 4.14. The van der Waals surface area contributed by atoms with E-state index >= 15 is 0 Å². The molecule has 1 unspecified atom stereocenters. The summed E-state index contributed by atoms with van der Waals surface area (Å²) in [6.07, 6.45) is 9.73. The molecular formula is C20H29NO. The van der Waals surface area contributed by atoms with E-state index in [2.05, 4.69) is 31.3 Å². The van der Waals surface area contributed by atoms with Crippen molar-refractivity contribution in [2.75, 3.05) is 5.32 Å². The molecule has 0 bridgehead atoms. The van der Waals surface area contributed by atoms with E-state index in [1.165, 1.54) is 43.4 Å². The van der Waals surface area contributed by atoms with Gasteiger partial charge in [0, 0.05) is 23.2 Å². The normalized spacial score (nSPS) is 27.3. The molecule has 1 fully saturated rings.